The molecule has 2 rings (SSSR count). The highest BCUT2D eigenvalue weighted by Crippen LogP contribution is 2.21. The Bertz CT molecular complexity index is 450. The second-order valence-corrected chi connectivity index (χ2v) is 4.92. The van der Waals surface area contributed by atoms with E-state index in [2.05, 4.69) is 4.98 Å². The third kappa shape index (κ3) is 3.65. The van der Waals surface area contributed by atoms with E-state index >= 15 is 0 Å². The van der Waals surface area contributed by atoms with Crippen LogP contribution in [0.1, 0.15) is 11.8 Å². The van der Waals surface area contributed by atoms with E-state index in [1.165, 1.54) is 0 Å². The van der Waals surface area contributed by atoms with Crippen LogP contribution in [-0.4, -0.2) is 61.0 Å². The van der Waals surface area contributed by atoms with Gasteiger partial charge < -0.3 is 20.3 Å². The highest BCUT2D eigenvalue weighted by molar-refractivity contribution is 5.78. The molecular formula is C13H20N4O2. The van der Waals surface area contributed by atoms with Crippen LogP contribution >= 0.6 is 0 Å². The van der Waals surface area contributed by atoms with Gasteiger partial charge in [0.1, 0.15) is 11.9 Å². The number of rotatable bonds is 3. The third-order valence-electron chi connectivity index (χ3n) is 2.99. The molecule has 1 aliphatic heterocycles. The Morgan fingerprint density at radius 2 is 2.37 bits per heavy atom. The second kappa shape index (κ2) is 5.99. The Kier molecular flexibility index (Phi) is 4.34. The van der Waals surface area contributed by atoms with Gasteiger partial charge in [0, 0.05) is 6.54 Å². The maximum atomic E-state index is 12.0. The van der Waals surface area contributed by atoms with Crippen LogP contribution in [0.3, 0.4) is 0 Å². The quantitative estimate of drug-likeness (QED) is 0.840. The summed E-state index contributed by atoms with van der Waals surface area (Å²) in [6, 6.07) is 5.46. The molecule has 6 nitrogen and oxygen atoms in total. The predicted octanol–water partition coefficient (Wildman–Crippen LogP) is 0.125. The van der Waals surface area contributed by atoms with Crippen molar-refractivity contribution in [2.24, 2.45) is 0 Å². The summed E-state index contributed by atoms with van der Waals surface area (Å²) in [6.45, 7) is 2.10. The zero-order chi connectivity index (χ0) is 13.8. The molecule has 1 fully saturated rings. The van der Waals surface area contributed by atoms with E-state index in [1.54, 1.807) is 6.07 Å². The van der Waals surface area contributed by atoms with Gasteiger partial charge in [-0.3, -0.25) is 4.79 Å². The Labute approximate surface area is 113 Å². The summed E-state index contributed by atoms with van der Waals surface area (Å²) in [5, 5.41) is 0. The summed E-state index contributed by atoms with van der Waals surface area (Å²) < 4.78 is 5.68. The fourth-order valence-electron chi connectivity index (χ4n) is 2.07. The van der Waals surface area contributed by atoms with E-state index in [9.17, 15) is 4.79 Å². The fraction of sp³-hybridized carbons (Fsp3) is 0.538. The van der Waals surface area contributed by atoms with Crippen molar-refractivity contribution in [1.82, 2.24) is 14.8 Å². The van der Waals surface area contributed by atoms with Crippen LogP contribution in [0.2, 0.25) is 0 Å². The van der Waals surface area contributed by atoms with Crippen molar-refractivity contribution in [3.63, 3.8) is 0 Å². The zero-order valence-corrected chi connectivity index (χ0v) is 11.4. The number of hydrogen-bond acceptors (Lipinski definition) is 5. The van der Waals surface area contributed by atoms with Gasteiger partial charge in [0.25, 0.3) is 0 Å². The molecule has 1 amide bonds. The van der Waals surface area contributed by atoms with Crippen molar-refractivity contribution in [1.29, 1.82) is 0 Å². The standard InChI is InChI=1S/C13H20N4O2/c1-16(2)9-13(18)17-6-7-19-11(8-17)10-4-3-5-12(14)15-10/h3-5,11H,6-9H2,1-2H3,(H2,14,15). The van der Waals surface area contributed by atoms with E-state index in [1.807, 2.05) is 36.0 Å². The first kappa shape index (κ1) is 13.8. The number of morpholine rings is 1. The fourth-order valence-corrected chi connectivity index (χ4v) is 2.07. The number of pyridine rings is 1. The number of hydrogen-bond donors (Lipinski definition) is 1. The lowest BCUT2D eigenvalue weighted by Gasteiger charge is -2.33. The molecule has 1 unspecified atom stereocenters. The number of carbonyl (C=O) groups is 1. The highest BCUT2D eigenvalue weighted by Gasteiger charge is 2.26. The lowest BCUT2D eigenvalue weighted by molar-refractivity contribution is -0.139. The van der Waals surface area contributed by atoms with Crippen molar-refractivity contribution >= 4 is 11.7 Å². The molecule has 2 heterocycles. The Morgan fingerprint density at radius 3 is 3.05 bits per heavy atom. The molecule has 0 aromatic carbocycles. The first-order chi connectivity index (χ1) is 9.06. The summed E-state index contributed by atoms with van der Waals surface area (Å²) in [7, 11) is 3.77. The van der Waals surface area contributed by atoms with Crippen molar-refractivity contribution in [2.75, 3.05) is 46.1 Å². The van der Waals surface area contributed by atoms with Gasteiger partial charge in [0.05, 0.1) is 25.4 Å². The van der Waals surface area contributed by atoms with Crippen LogP contribution in [0, 0.1) is 0 Å². The van der Waals surface area contributed by atoms with Gasteiger partial charge in [-0.25, -0.2) is 4.98 Å². The number of nitrogen functional groups attached to an aromatic ring is 1. The molecule has 1 aromatic rings. The number of ether oxygens (including phenoxy) is 1. The van der Waals surface area contributed by atoms with Crippen molar-refractivity contribution < 1.29 is 9.53 Å². The molecule has 19 heavy (non-hydrogen) atoms. The van der Waals surface area contributed by atoms with E-state index < -0.39 is 0 Å². The summed E-state index contributed by atoms with van der Waals surface area (Å²) in [5.74, 6) is 0.583. The van der Waals surface area contributed by atoms with Gasteiger partial charge in [-0.05, 0) is 26.2 Å². The molecular weight excluding hydrogens is 244 g/mol. The van der Waals surface area contributed by atoms with Crippen LogP contribution in [0.25, 0.3) is 0 Å². The van der Waals surface area contributed by atoms with Gasteiger partial charge in [-0.2, -0.15) is 0 Å². The van der Waals surface area contributed by atoms with Gasteiger partial charge in [-0.15, -0.1) is 0 Å². The molecule has 1 atom stereocenters. The van der Waals surface area contributed by atoms with Crippen LogP contribution in [0.4, 0.5) is 5.82 Å². The van der Waals surface area contributed by atoms with Crippen molar-refractivity contribution in [2.45, 2.75) is 6.10 Å². The number of carbonyl (C=O) groups excluding carboxylic acids is 1. The Hall–Kier alpha value is -1.66. The zero-order valence-electron chi connectivity index (χ0n) is 11.4. The predicted molar refractivity (Wildman–Crippen MR) is 72.5 cm³/mol. The van der Waals surface area contributed by atoms with E-state index in [0.29, 0.717) is 32.1 Å². The number of anilines is 1. The SMILES string of the molecule is CN(C)CC(=O)N1CCOC(c2cccc(N)n2)C1. The average Bonchev–Trinajstić information content (AvgIpc) is 2.38. The molecule has 0 radical (unpaired) electrons. The molecule has 1 aromatic heterocycles. The number of nitrogens with two attached hydrogens (primary N) is 1. The average molecular weight is 264 g/mol. The van der Waals surface area contributed by atoms with Gasteiger partial charge in [0.2, 0.25) is 5.91 Å². The van der Waals surface area contributed by atoms with Crippen LogP contribution < -0.4 is 5.73 Å². The van der Waals surface area contributed by atoms with E-state index in [0.717, 1.165) is 5.69 Å². The summed E-state index contributed by atoms with van der Waals surface area (Å²) in [6.07, 6.45) is -0.191. The maximum absolute atomic E-state index is 12.0. The number of likely N-dealkylation sites (N-methyl/N-ethyl adjacent to an activating group) is 1. The molecule has 0 aliphatic carbocycles. The molecule has 104 valence electrons. The van der Waals surface area contributed by atoms with Gasteiger partial charge in [0.15, 0.2) is 0 Å². The first-order valence-corrected chi connectivity index (χ1v) is 6.33. The van der Waals surface area contributed by atoms with Crippen LogP contribution in [0.15, 0.2) is 18.2 Å². The number of aromatic nitrogens is 1. The minimum absolute atomic E-state index is 0.113. The molecule has 2 N–H and O–H groups in total. The Morgan fingerprint density at radius 1 is 1.58 bits per heavy atom. The lowest BCUT2D eigenvalue weighted by Crippen LogP contribution is -2.45. The Balaban J connectivity index is 2.03. The van der Waals surface area contributed by atoms with Crippen LogP contribution in [-0.2, 0) is 9.53 Å². The maximum Gasteiger partial charge on any atom is 0.236 e. The summed E-state index contributed by atoms with van der Waals surface area (Å²) in [4.78, 5) is 20.0. The molecule has 1 saturated heterocycles. The smallest absolute Gasteiger partial charge is 0.236 e. The minimum atomic E-state index is -0.191. The largest absolute Gasteiger partial charge is 0.384 e. The molecule has 0 saturated carbocycles. The molecule has 0 spiro atoms. The molecule has 1 aliphatic rings. The number of nitrogens with zero attached hydrogens (tertiary/aromatic N) is 3. The second-order valence-electron chi connectivity index (χ2n) is 4.92. The lowest BCUT2D eigenvalue weighted by atomic mass is 10.2. The highest BCUT2D eigenvalue weighted by atomic mass is 16.5. The minimum Gasteiger partial charge on any atom is -0.384 e. The monoisotopic (exact) mass is 264 g/mol. The van der Waals surface area contributed by atoms with Crippen molar-refractivity contribution in [3.05, 3.63) is 23.9 Å². The molecule has 0 bridgehead atoms. The van der Waals surface area contributed by atoms with E-state index in [4.69, 9.17) is 10.5 Å². The summed E-state index contributed by atoms with van der Waals surface area (Å²) >= 11 is 0. The van der Waals surface area contributed by atoms with Gasteiger partial charge in [-0.1, -0.05) is 6.07 Å². The normalized spacial score (nSPS) is 19.7. The van der Waals surface area contributed by atoms with Crippen LogP contribution in [0.5, 0.6) is 0 Å². The summed E-state index contributed by atoms with van der Waals surface area (Å²) in [5.41, 5.74) is 6.45. The number of amides is 1. The third-order valence-corrected chi connectivity index (χ3v) is 2.99. The van der Waals surface area contributed by atoms with Gasteiger partial charge >= 0.3 is 0 Å². The van der Waals surface area contributed by atoms with Crippen molar-refractivity contribution in [3.8, 4) is 0 Å². The van der Waals surface area contributed by atoms with E-state index in [-0.39, 0.29) is 12.0 Å². The first-order valence-electron chi connectivity index (χ1n) is 6.33. The topological polar surface area (TPSA) is 71.7 Å². The molecule has 6 heteroatoms.